The number of thiol groups is 1. The molecule has 0 aromatic rings. The molecule has 0 heterocycles. The Balaban J connectivity index is 3.34. The van der Waals surface area contributed by atoms with Crippen LogP contribution < -0.4 is 5.32 Å². The molecule has 0 radical (unpaired) electrons. The van der Waals surface area contributed by atoms with Gasteiger partial charge in [0.2, 0.25) is 5.91 Å². The summed E-state index contributed by atoms with van der Waals surface area (Å²) in [4.78, 5) is 24.8. The number of methoxy groups -OCH3 is 1. The molecule has 0 fully saturated rings. The number of esters is 1. The van der Waals surface area contributed by atoms with Crippen molar-refractivity contribution in [2.45, 2.75) is 70.3 Å². The summed E-state index contributed by atoms with van der Waals surface area (Å²) in [6, 6.07) is -0.146. The van der Waals surface area contributed by atoms with Gasteiger partial charge in [-0.2, -0.15) is 12.6 Å². The van der Waals surface area contributed by atoms with Gasteiger partial charge >= 0.3 is 5.97 Å². The van der Waals surface area contributed by atoms with Gasteiger partial charge in [0.1, 0.15) is 0 Å². The minimum atomic E-state index is -0.146. The molecule has 0 aromatic heterocycles. The van der Waals surface area contributed by atoms with Gasteiger partial charge in [-0.3, -0.25) is 14.5 Å². The molecule has 0 aliphatic rings. The monoisotopic (exact) mass is 360 g/mol. The van der Waals surface area contributed by atoms with Crippen LogP contribution in [0.5, 0.6) is 0 Å². The van der Waals surface area contributed by atoms with Crippen molar-refractivity contribution >= 4 is 24.5 Å². The van der Waals surface area contributed by atoms with Crippen LogP contribution in [0.1, 0.15) is 64.2 Å². The second kappa shape index (κ2) is 15.8. The zero-order chi connectivity index (χ0) is 18.2. The third-order valence-electron chi connectivity index (χ3n) is 4.18. The van der Waals surface area contributed by atoms with Crippen molar-refractivity contribution < 1.29 is 14.3 Å². The predicted octanol–water partition coefficient (Wildman–Crippen LogP) is 3.04. The van der Waals surface area contributed by atoms with E-state index in [1.165, 1.54) is 39.2 Å². The normalized spacial score (nSPS) is 12.2. The van der Waals surface area contributed by atoms with E-state index in [4.69, 9.17) is 0 Å². The minimum Gasteiger partial charge on any atom is -0.469 e. The van der Waals surface area contributed by atoms with Crippen LogP contribution in [0.4, 0.5) is 0 Å². The number of likely N-dealkylation sites (N-methyl/N-ethyl adjacent to an activating group) is 1. The summed E-state index contributed by atoms with van der Waals surface area (Å²) < 4.78 is 4.62. The number of carbonyl (C=O) groups excluding carboxylic acids is 2. The van der Waals surface area contributed by atoms with E-state index in [-0.39, 0.29) is 17.9 Å². The van der Waals surface area contributed by atoms with Crippen molar-refractivity contribution in [2.24, 2.45) is 0 Å². The van der Waals surface area contributed by atoms with E-state index in [1.807, 2.05) is 19.0 Å². The van der Waals surface area contributed by atoms with Crippen molar-refractivity contribution in [3.63, 3.8) is 0 Å². The molecule has 0 bridgehead atoms. The molecular weight excluding hydrogens is 324 g/mol. The first-order chi connectivity index (χ1) is 11.5. The molecule has 0 aliphatic carbocycles. The predicted molar refractivity (Wildman–Crippen MR) is 103 cm³/mol. The largest absolute Gasteiger partial charge is 0.469 e. The molecule has 1 N–H and O–H groups in total. The van der Waals surface area contributed by atoms with Gasteiger partial charge in [-0.25, -0.2) is 0 Å². The summed E-state index contributed by atoms with van der Waals surface area (Å²) in [5, 5.41) is 2.99. The highest BCUT2D eigenvalue weighted by Gasteiger charge is 2.17. The maximum absolute atomic E-state index is 11.9. The highest BCUT2D eigenvalue weighted by atomic mass is 32.1. The second-order valence-electron chi connectivity index (χ2n) is 6.46. The molecule has 24 heavy (non-hydrogen) atoms. The Labute approximate surface area is 153 Å². The Hall–Kier alpha value is -0.750. The lowest BCUT2D eigenvalue weighted by molar-refractivity contribution is -0.140. The molecule has 1 unspecified atom stereocenters. The maximum atomic E-state index is 11.9. The molecule has 0 saturated carbocycles. The Kier molecular flexibility index (Phi) is 15.3. The van der Waals surface area contributed by atoms with E-state index in [0.717, 1.165) is 32.2 Å². The molecule has 0 aromatic carbocycles. The average Bonchev–Trinajstić information content (AvgIpc) is 2.55. The molecule has 142 valence electrons. The van der Waals surface area contributed by atoms with Crippen LogP contribution in [-0.4, -0.2) is 56.3 Å². The van der Waals surface area contributed by atoms with Crippen LogP contribution >= 0.6 is 12.6 Å². The van der Waals surface area contributed by atoms with Gasteiger partial charge in [-0.1, -0.05) is 44.9 Å². The van der Waals surface area contributed by atoms with Crippen LogP contribution in [-0.2, 0) is 14.3 Å². The van der Waals surface area contributed by atoms with Gasteiger partial charge < -0.3 is 10.1 Å². The van der Waals surface area contributed by atoms with E-state index < -0.39 is 0 Å². The van der Waals surface area contributed by atoms with E-state index in [2.05, 4.69) is 22.7 Å². The Bertz CT molecular complexity index is 338. The second-order valence-corrected chi connectivity index (χ2v) is 6.83. The van der Waals surface area contributed by atoms with Gasteiger partial charge in [0.15, 0.2) is 0 Å². The quantitative estimate of drug-likeness (QED) is 0.268. The van der Waals surface area contributed by atoms with E-state index in [1.54, 1.807) is 0 Å². The smallest absolute Gasteiger partial charge is 0.305 e. The molecule has 0 aliphatic heterocycles. The summed E-state index contributed by atoms with van der Waals surface area (Å²) in [5.74, 6) is 0.508. The van der Waals surface area contributed by atoms with Gasteiger partial charge in [0, 0.05) is 18.7 Å². The summed E-state index contributed by atoms with van der Waals surface area (Å²) in [5.41, 5.74) is 0. The third-order valence-corrected chi connectivity index (χ3v) is 4.53. The Morgan fingerprint density at radius 2 is 1.46 bits per heavy atom. The van der Waals surface area contributed by atoms with E-state index in [9.17, 15) is 9.59 Å². The minimum absolute atomic E-state index is 0.0713. The molecular formula is C18H36N2O3S. The van der Waals surface area contributed by atoms with Crippen LogP contribution in [0.25, 0.3) is 0 Å². The first-order valence-electron chi connectivity index (χ1n) is 9.14. The lowest BCUT2D eigenvalue weighted by Crippen LogP contribution is -2.45. The molecule has 1 atom stereocenters. The highest BCUT2D eigenvalue weighted by molar-refractivity contribution is 7.80. The van der Waals surface area contributed by atoms with Crippen LogP contribution in [0, 0.1) is 0 Å². The number of nitrogens with one attached hydrogen (secondary N) is 1. The average molecular weight is 361 g/mol. The first kappa shape index (κ1) is 23.2. The first-order valence-corrected chi connectivity index (χ1v) is 9.78. The number of hydrogen-bond donors (Lipinski definition) is 2. The lowest BCUT2D eigenvalue weighted by Gasteiger charge is -2.21. The van der Waals surface area contributed by atoms with Crippen molar-refractivity contribution in [2.75, 3.05) is 33.5 Å². The summed E-state index contributed by atoms with van der Waals surface area (Å²) in [7, 11) is 5.24. The standard InChI is InChI=1S/C18H36N2O3S/c1-20(2)16(15-24)18(22)19-14-12-10-8-6-4-5-7-9-11-13-17(21)23-3/h16,24H,4-15H2,1-3H3,(H,19,22). The number of unbranched alkanes of at least 4 members (excludes halogenated alkanes) is 8. The van der Waals surface area contributed by atoms with Crippen LogP contribution in [0.2, 0.25) is 0 Å². The van der Waals surface area contributed by atoms with Crippen molar-refractivity contribution in [3.8, 4) is 0 Å². The number of carbonyl (C=O) groups is 2. The summed E-state index contributed by atoms with van der Waals surface area (Å²) in [6.45, 7) is 0.754. The molecule has 6 heteroatoms. The fraction of sp³-hybridized carbons (Fsp3) is 0.889. The molecule has 1 amide bonds. The van der Waals surface area contributed by atoms with Gasteiger partial charge in [0.05, 0.1) is 13.2 Å². The molecule has 0 saturated heterocycles. The number of nitrogens with zero attached hydrogens (tertiary/aromatic N) is 1. The number of ether oxygens (including phenoxy) is 1. The van der Waals surface area contributed by atoms with E-state index in [0.29, 0.717) is 12.2 Å². The molecule has 0 rings (SSSR count). The number of amides is 1. The zero-order valence-electron chi connectivity index (χ0n) is 15.7. The Morgan fingerprint density at radius 1 is 0.958 bits per heavy atom. The van der Waals surface area contributed by atoms with Crippen molar-refractivity contribution in [3.05, 3.63) is 0 Å². The van der Waals surface area contributed by atoms with Crippen LogP contribution in [0.3, 0.4) is 0 Å². The summed E-state index contributed by atoms with van der Waals surface area (Å²) >= 11 is 4.22. The lowest BCUT2D eigenvalue weighted by atomic mass is 10.1. The summed E-state index contributed by atoms with van der Waals surface area (Å²) in [6.07, 6.45) is 11.0. The number of rotatable bonds is 15. The van der Waals surface area contributed by atoms with Gasteiger partial charge in [0.25, 0.3) is 0 Å². The highest BCUT2D eigenvalue weighted by Crippen LogP contribution is 2.10. The van der Waals surface area contributed by atoms with Gasteiger partial charge in [-0.15, -0.1) is 0 Å². The fourth-order valence-corrected chi connectivity index (χ4v) is 3.04. The van der Waals surface area contributed by atoms with Crippen LogP contribution in [0.15, 0.2) is 0 Å². The third kappa shape index (κ3) is 12.6. The van der Waals surface area contributed by atoms with Crippen molar-refractivity contribution in [1.29, 1.82) is 0 Å². The van der Waals surface area contributed by atoms with Crippen molar-refractivity contribution in [1.82, 2.24) is 10.2 Å². The van der Waals surface area contributed by atoms with E-state index >= 15 is 0 Å². The Morgan fingerprint density at radius 3 is 1.92 bits per heavy atom. The zero-order valence-corrected chi connectivity index (χ0v) is 16.6. The SMILES string of the molecule is COC(=O)CCCCCCCCCCCNC(=O)C(CS)N(C)C. The maximum Gasteiger partial charge on any atom is 0.305 e. The fourth-order valence-electron chi connectivity index (χ4n) is 2.54. The number of hydrogen-bond acceptors (Lipinski definition) is 5. The molecule has 0 spiro atoms. The molecule has 5 nitrogen and oxygen atoms in total. The van der Waals surface area contributed by atoms with Gasteiger partial charge in [-0.05, 0) is 26.9 Å². The topological polar surface area (TPSA) is 58.6 Å².